The van der Waals surface area contributed by atoms with Crippen molar-refractivity contribution >= 4 is 0 Å². The van der Waals surface area contributed by atoms with Crippen LogP contribution in [-0.2, 0) is 11.1 Å². The van der Waals surface area contributed by atoms with Crippen LogP contribution in [0.5, 0.6) is 0 Å². The highest BCUT2D eigenvalue weighted by Gasteiger charge is 2.53. The standard InChI is InChI=1S/C36H61N3O/c1-3-4-5-6-7-8-9-10-11-12-13-14-15-16-17-24-29-35(39-31-30-37,33-25-20-18-21-26-33)36(38,32(2)40)34-27-22-19-23-28-34/h18-23,25-28,32,39-40H,3-17,24,29-31,37-38H2,1-2H3. The largest absolute Gasteiger partial charge is 0.391 e. The molecular formula is C36H61N3O. The fourth-order valence-corrected chi connectivity index (χ4v) is 6.43. The molecule has 0 aromatic heterocycles. The molecule has 2 rings (SSSR count). The molecule has 2 aromatic rings. The van der Waals surface area contributed by atoms with Gasteiger partial charge in [0.05, 0.1) is 17.2 Å². The third-order valence-corrected chi connectivity index (χ3v) is 8.86. The summed E-state index contributed by atoms with van der Waals surface area (Å²) < 4.78 is 0. The fraction of sp³-hybridized carbons (Fsp3) is 0.667. The minimum Gasteiger partial charge on any atom is -0.391 e. The number of aliphatic hydroxyl groups is 1. The van der Waals surface area contributed by atoms with Crippen molar-refractivity contribution < 1.29 is 5.11 Å². The Morgan fingerprint density at radius 2 is 1.05 bits per heavy atom. The van der Waals surface area contributed by atoms with E-state index in [0.717, 1.165) is 24.0 Å². The molecule has 226 valence electrons. The molecule has 4 heteroatoms. The molecule has 40 heavy (non-hydrogen) atoms. The lowest BCUT2D eigenvalue weighted by atomic mass is 9.63. The maximum absolute atomic E-state index is 11.3. The van der Waals surface area contributed by atoms with E-state index in [9.17, 15) is 5.11 Å². The van der Waals surface area contributed by atoms with E-state index in [0.29, 0.717) is 13.1 Å². The predicted octanol–water partition coefficient (Wildman–Crippen LogP) is 8.32. The summed E-state index contributed by atoms with van der Waals surface area (Å²) in [6.45, 7) is 5.25. The summed E-state index contributed by atoms with van der Waals surface area (Å²) in [5.74, 6) is 0. The SMILES string of the molecule is CCCCCCCCCCCCCCCCCCC(NCCN)(c1ccccc1)C(N)(c1ccccc1)C(C)O. The number of aliphatic hydroxyl groups excluding tert-OH is 1. The smallest absolute Gasteiger partial charge is 0.0896 e. The number of hydrogen-bond acceptors (Lipinski definition) is 4. The molecule has 2 aromatic carbocycles. The van der Waals surface area contributed by atoms with Crippen molar-refractivity contribution in [3.05, 3.63) is 71.8 Å². The summed E-state index contributed by atoms with van der Waals surface area (Å²) in [6.07, 6.45) is 21.6. The highest BCUT2D eigenvalue weighted by Crippen LogP contribution is 2.45. The fourth-order valence-electron chi connectivity index (χ4n) is 6.43. The molecule has 0 saturated carbocycles. The van der Waals surface area contributed by atoms with Gasteiger partial charge in [-0.15, -0.1) is 0 Å². The highest BCUT2D eigenvalue weighted by atomic mass is 16.3. The summed E-state index contributed by atoms with van der Waals surface area (Å²) in [5, 5.41) is 15.0. The zero-order valence-electron chi connectivity index (χ0n) is 25.9. The summed E-state index contributed by atoms with van der Waals surface area (Å²) in [5.41, 5.74) is 13.7. The van der Waals surface area contributed by atoms with Crippen molar-refractivity contribution in [2.24, 2.45) is 11.5 Å². The van der Waals surface area contributed by atoms with Gasteiger partial charge in [-0.25, -0.2) is 0 Å². The van der Waals surface area contributed by atoms with Crippen LogP contribution in [0.3, 0.4) is 0 Å². The molecule has 0 saturated heterocycles. The Labute approximate surface area is 246 Å². The first-order chi connectivity index (χ1) is 19.5. The number of hydrogen-bond donors (Lipinski definition) is 4. The average molecular weight is 552 g/mol. The zero-order valence-corrected chi connectivity index (χ0v) is 25.9. The molecule has 3 unspecified atom stereocenters. The van der Waals surface area contributed by atoms with Crippen LogP contribution in [-0.4, -0.2) is 24.3 Å². The summed E-state index contributed by atoms with van der Waals surface area (Å²) in [7, 11) is 0. The lowest BCUT2D eigenvalue weighted by Gasteiger charge is -2.52. The quantitative estimate of drug-likeness (QED) is 0.0988. The maximum atomic E-state index is 11.3. The molecule has 3 atom stereocenters. The van der Waals surface area contributed by atoms with Crippen LogP contribution in [0.25, 0.3) is 0 Å². The molecule has 0 aliphatic carbocycles. The second-order valence-electron chi connectivity index (χ2n) is 12.0. The Balaban J connectivity index is 1.88. The Morgan fingerprint density at radius 3 is 1.45 bits per heavy atom. The van der Waals surface area contributed by atoms with Gasteiger partial charge in [0.15, 0.2) is 0 Å². The molecule has 4 nitrogen and oxygen atoms in total. The Hall–Kier alpha value is -1.72. The first kappa shape index (κ1) is 34.5. The van der Waals surface area contributed by atoms with Gasteiger partial charge in [-0.2, -0.15) is 0 Å². The normalized spacial score (nSPS) is 15.4. The third-order valence-electron chi connectivity index (χ3n) is 8.86. The van der Waals surface area contributed by atoms with Crippen molar-refractivity contribution in [3.63, 3.8) is 0 Å². The van der Waals surface area contributed by atoms with E-state index in [4.69, 9.17) is 11.5 Å². The number of unbranched alkanes of at least 4 members (excludes halogenated alkanes) is 15. The Morgan fingerprint density at radius 1 is 0.650 bits per heavy atom. The van der Waals surface area contributed by atoms with E-state index in [2.05, 4.69) is 36.5 Å². The van der Waals surface area contributed by atoms with Gasteiger partial charge in [0, 0.05) is 13.1 Å². The summed E-state index contributed by atoms with van der Waals surface area (Å²) in [6, 6.07) is 20.5. The molecule has 0 amide bonds. The minimum absolute atomic E-state index is 0.512. The lowest BCUT2D eigenvalue weighted by Crippen LogP contribution is -2.68. The van der Waals surface area contributed by atoms with Gasteiger partial charge in [0.2, 0.25) is 0 Å². The first-order valence-electron chi connectivity index (χ1n) is 16.6. The average Bonchev–Trinajstić information content (AvgIpc) is 2.99. The van der Waals surface area contributed by atoms with Crippen molar-refractivity contribution in [2.75, 3.05) is 13.1 Å². The van der Waals surface area contributed by atoms with Crippen LogP contribution >= 0.6 is 0 Å². The molecule has 6 N–H and O–H groups in total. The van der Waals surface area contributed by atoms with Crippen molar-refractivity contribution in [2.45, 2.75) is 140 Å². The monoisotopic (exact) mass is 551 g/mol. The number of benzene rings is 2. The molecule has 0 bridgehead atoms. The van der Waals surface area contributed by atoms with Crippen LogP contribution in [0.2, 0.25) is 0 Å². The van der Waals surface area contributed by atoms with Gasteiger partial charge in [-0.1, -0.05) is 170 Å². The molecule has 0 radical (unpaired) electrons. The molecule has 0 spiro atoms. The number of rotatable bonds is 24. The topological polar surface area (TPSA) is 84.3 Å². The van der Waals surface area contributed by atoms with Crippen molar-refractivity contribution in [3.8, 4) is 0 Å². The second-order valence-corrected chi connectivity index (χ2v) is 12.0. The van der Waals surface area contributed by atoms with Crippen LogP contribution in [0.15, 0.2) is 60.7 Å². The summed E-state index contributed by atoms with van der Waals surface area (Å²) >= 11 is 0. The summed E-state index contributed by atoms with van der Waals surface area (Å²) in [4.78, 5) is 0. The molecule has 0 aliphatic rings. The van der Waals surface area contributed by atoms with Gasteiger partial charge in [0.25, 0.3) is 0 Å². The molecule has 0 fully saturated rings. The molecule has 0 aliphatic heterocycles. The second kappa shape index (κ2) is 20.2. The molecule has 0 heterocycles. The van der Waals surface area contributed by atoms with Crippen LogP contribution in [0.4, 0.5) is 0 Å². The molecular weight excluding hydrogens is 490 g/mol. The van der Waals surface area contributed by atoms with E-state index in [1.807, 2.05) is 43.3 Å². The Kier molecular flexibility index (Phi) is 17.4. The lowest BCUT2D eigenvalue weighted by molar-refractivity contribution is 0.0148. The highest BCUT2D eigenvalue weighted by molar-refractivity contribution is 5.39. The Bertz CT molecular complexity index is 859. The zero-order chi connectivity index (χ0) is 28.9. The van der Waals surface area contributed by atoms with Crippen LogP contribution in [0, 0.1) is 0 Å². The minimum atomic E-state index is -1.01. The number of nitrogens with one attached hydrogen (secondary N) is 1. The number of nitrogens with two attached hydrogens (primary N) is 2. The van der Waals surface area contributed by atoms with Crippen molar-refractivity contribution in [1.82, 2.24) is 5.32 Å². The van der Waals surface area contributed by atoms with Gasteiger partial charge >= 0.3 is 0 Å². The van der Waals surface area contributed by atoms with E-state index in [1.54, 1.807) is 0 Å². The third kappa shape index (κ3) is 10.6. The van der Waals surface area contributed by atoms with E-state index in [1.165, 1.54) is 96.3 Å². The predicted molar refractivity (Wildman–Crippen MR) is 173 cm³/mol. The van der Waals surface area contributed by atoms with Crippen LogP contribution < -0.4 is 16.8 Å². The van der Waals surface area contributed by atoms with Gasteiger partial charge < -0.3 is 21.9 Å². The van der Waals surface area contributed by atoms with Crippen molar-refractivity contribution in [1.29, 1.82) is 0 Å². The maximum Gasteiger partial charge on any atom is 0.0896 e. The van der Waals surface area contributed by atoms with E-state index < -0.39 is 17.2 Å². The first-order valence-corrected chi connectivity index (χ1v) is 16.6. The van der Waals surface area contributed by atoms with Gasteiger partial charge in [-0.05, 0) is 24.5 Å². The van der Waals surface area contributed by atoms with Gasteiger partial charge in [0.1, 0.15) is 0 Å². The van der Waals surface area contributed by atoms with E-state index >= 15 is 0 Å². The van der Waals surface area contributed by atoms with Crippen LogP contribution in [0.1, 0.15) is 134 Å². The van der Waals surface area contributed by atoms with Gasteiger partial charge in [-0.3, -0.25) is 0 Å². The van der Waals surface area contributed by atoms with E-state index in [-0.39, 0.29) is 0 Å².